The van der Waals surface area contributed by atoms with E-state index in [0.29, 0.717) is 12.3 Å². The van der Waals surface area contributed by atoms with Crippen molar-refractivity contribution in [3.8, 4) is 0 Å². The zero-order chi connectivity index (χ0) is 17.2. The molecule has 22 heavy (non-hydrogen) atoms. The van der Waals surface area contributed by atoms with Crippen molar-refractivity contribution in [2.75, 3.05) is 31.3 Å². The molecule has 0 bridgehead atoms. The lowest BCUT2D eigenvalue weighted by Crippen LogP contribution is -2.46. The lowest BCUT2D eigenvalue weighted by Gasteiger charge is -2.27. The fourth-order valence-electron chi connectivity index (χ4n) is 1.32. The summed E-state index contributed by atoms with van der Waals surface area (Å²) in [5, 5.41) is 23.7. The number of aliphatic hydroxyl groups excluding tert-OH is 2. The number of thioether (sulfide) groups is 1. The summed E-state index contributed by atoms with van der Waals surface area (Å²) in [6, 6.07) is 0. The van der Waals surface area contributed by atoms with Gasteiger partial charge in [-0.2, -0.15) is 0 Å². The Kier molecular flexibility index (Phi) is 10.4. The summed E-state index contributed by atoms with van der Waals surface area (Å²) >= 11 is 6.37. The van der Waals surface area contributed by atoms with Gasteiger partial charge in [0.15, 0.2) is 0 Å². The second-order valence-electron chi connectivity index (χ2n) is 5.29. The SMILES string of the molecule is CC(C)(CO)C(O)C(=O)NCCC(=O)NCCSC(=O)CCl. The molecule has 0 aromatic rings. The van der Waals surface area contributed by atoms with Crippen molar-refractivity contribution < 1.29 is 24.6 Å². The van der Waals surface area contributed by atoms with Crippen molar-refractivity contribution >= 4 is 40.3 Å². The molecular weight excluding hydrogens is 332 g/mol. The third kappa shape index (κ3) is 8.57. The Labute approximate surface area is 139 Å². The highest BCUT2D eigenvalue weighted by Gasteiger charge is 2.32. The van der Waals surface area contributed by atoms with E-state index in [1.165, 1.54) is 0 Å². The van der Waals surface area contributed by atoms with E-state index in [-0.39, 0.29) is 36.5 Å². The van der Waals surface area contributed by atoms with Gasteiger partial charge in [0, 0.05) is 30.7 Å². The number of nitrogens with one attached hydrogen (secondary N) is 2. The highest BCUT2D eigenvalue weighted by Crippen LogP contribution is 2.19. The molecule has 0 saturated carbocycles. The van der Waals surface area contributed by atoms with Crippen LogP contribution in [0.2, 0.25) is 0 Å². The van der Waals surface area contributed by atoms with Gasteiger partial charge < -0.3 is 20.8 Å². The Morgan fingerprint density at radius 1 is 1.23 bits per heavy atom. The van der Waals surface area contributed by atoms with Crippen molar-refractivity contribution in [2.45, 2.75) is 26.4 Å². The number of alkyl halides is 1. The van der Waals surface area contributed by atoms with Gasteiger partial charge >= 0.3 is 0 Å². The Balaban J connectivity index is 3.84. The molecule has 0 rings (SSSR count). The van der Waals surface area contributed by atoms with Crippen LogP contribution in [0.25, 0.3) is 0 Å². The highest BCUT2D eigenvalue weighted by molar-refractivity contribution is 8.13. The molecule has 0 aliphatic heterocycles. The van der Waals surface area contributed by atoms with Gasteiger partial charge in [-0.25, -0.2) is 0 Å². The molecule has 0 fully saturated rings. The summed E-state index contributed by atoms with van der Waals surface area (Å²) in [6.07, 6.45) is -1.29. The van der Waals surface area contributed by atoms with Crippen molar-refractivity contribution in [1.29, 1.82) is 0 Å². The molecule has 4 N–H and O–H groups in total. The van der Waals surface area contributed by atoms with E-state index in [1.807, 2.05) is 0 Å². The van der Waals surface area contributed by atoms with E-state index in [1.54, 1.807) is 13.8 Å². The first-order chi connectivity index (χ1) is 10.2. The number of rotatable bonds is 10. The number of carbonyl (C=O) groups excluding carboxylic acids is 3. The molecule has 128 valence electrons. The van der Waals surface area contributed by atoms with Crippen LogP contribution in [-0.4, -0.2) is 64.6 Å². The fourth-order valence-corrected chi connectivity index (χ4v) is 2.06. The lowest BCUT2D eigenvalue weighted by molar-refractivity contribution is -0.137. The molecule has 9 heteroatoms. The first-order valence-corrected chi connectivity index (χ1v) is 8.31. The summed E-state index contributed by atoms with van der Waals surface area (Å²) in [4.78, 5) is 34.0. The van der Waals surface area contributed by atoms with Crippen molar-refractivity contribution in [3.05, 3.63) is 0 Å². The molecule has 0 aliphatic rings. The number of hydrogen-bond donors (Lipinski definition) is 4. The van der Waals surface area contributed by atoms with Crippen molar-refractivity contribution in [1.82, 2.24) is 10.6 Å². The molecule has 7 nitrogen and oxygen atoms in total. The number of amides is 2. The summed E-state index contributed by atoms with van der Waals surface area (Å²) in [7, 11) is 0. The largest absolute Gasteiger partial charge is 0.396 e. The van der Waals surface area contributed by atoms with Crippen molar-refractivity contribution in [2.24, 2.45) is 5.41 Å². The van der Waals surface area contributed by atoms with Crippen LogP contribution in [0.5, 0.6) is 0 Å². The highest BCUT2D eigenvalue weighted by atomic mass is 35.5. The average molecular weight is 355 g/mol. The normalized spacial score (nSPS) is 12.6. The number of aliphatic hydroxyl groups is 2. The maximum Gasteiger partial charge on any atom is 0.249 e. The molecule has 0 aromatic heterocycles. The zero-order valence-corrected chi connectivity index (χ0v) is 14.3. The van der Waals surface area contributed by atoms with Crippen LogP contribution in [0.4, 0.5) is 0 Å². The van der Waals surface area contributed by atoms with Gasteiger partial charge in [-0.3, -0.25) is 14.4 Å². The monoisotopic (exact) mass is 354 g/mol. The average Bonchev–Trinajstić information content (AvgIpc) is 2.50. The van der Waals surface area contributed by atoms with Crippen LogP contribution < -0.4 is 10.6 Å². The summed E-state index contributed by atoms with van der Waals surface area (Å²) in [5.74, 6) is -0.519. The van der Waals surface area contributed by atoms with Crippen molar-refractivity contribution in [3.63, 3.8) is 0 Å². The van der Waals surface area contributed by atoms with Gasteiger partial charge in [0.25, 0.3) is 0 Å². The van der Waals surface area contributed by atoms with E-state index < -0.39 is 17.4 Å². The lowest BCUT2D eigenvalue weighted by atomic mass is 9.87. The summed E-state index contributed by atoms with van der Waals surface area (Å²) in [6.45, 7) is 3.20. The fraction of sp³-hybridized carbons (Fsp3) is 0.769. The molecule has 0 spiro atoms. The van der Waals surface area contributed by atoms with Gasteiger partial charge in [-0.1, -0.05) is 25.6 Å². The second-order valence-corrected chi connectivity index (χ2v) is 6.71. The minimum absolute atomic E-state index is 0.0584. The van der Waals surface area contributed by atoms with E-state index in [0.717, 1.165) is 11.8 Å². The van der Waals surface area contributed by atoms with E-state index in [9.17, 15) is 19.5 Å². The molecule has 0 aromatic carbocycles. The standard InChI is InChI=1S/C13H23ClN2O5S/c1-13(2,8-17)11(20)12(21)16-4-3-9(18)15-5-6-22-10(19)7-14/h11,17,20H,3-8H2,1-2H3,(H,15,18)(H,16,21). The van der Waals surface area contributed by atoms with E-state index in [4.69, 9.17) is 16.7 Å². The Bertz CT molecular complexity index is 393. The first kappa shape index (κ1) is 21.2. The predicted molar refractivity (Wildman–Crippen MR) is 85.7 cm³/mol. The second kappa shape index (κ2) is 10.8. The van der Waals surface area contributed by atoms with Gasteiger partial charge in [-0.05, 0) is 0 Å². The van der Waals surface area contributed by atoms with Crippen LogP contribution in [0, 0.1) is 5.41 Å². The van der Waals surface area contributed by atoms with Gasteiger partial charge in [0.1, 0.15) is 6.10 Å². The quantitative estimate of drug-likeness (QED) is 0.310. The molecule has 1 atom stereocenters. The maximum atomic E-state index is 11.6. The minimum atomic E-state index is -1.35. The molecule has 0 saturated heterocycles. The molecule has 0 aliphatic carbocycles. The zero-order valence-electron chi connectivity index (χ0n) is 12.7. The minimum Gasteiger partial charge on any atom is -0.396 e. The Morgan fingerprint density at radius 2 is 1.86 bits per heavy atom. The van der Waals surface area contributed by atoms with Gasteiger partial charge in [0.2, 0.25) is 16.9 Å². The molecule has 2 amide bonds. The van der Waals surface area contributed by atoms with E-state index >= 15 is 0 Å². The van der Waals surface area contributed by atoms with Gasteiger partial charge in [0.05, 0.1) is 12.5 Å². The van der Waals surface area contributed by atoms with Crippen LogP contribution in [-0.2, 0) is 14.4 Å². The first-order valence-electron chi connectivity index (χ1n) is 6.79. The molecule has 1 unspecified atom stereocenters. The van der Waals surface area contributed by atoms with Crippen LogP contribution in [0.3, 0.4) is 0 Å². The Hall–Kier alpha value is -0.830. The van der Waals surface area contributed by atoms with Crippen LogP contribution in [0.1, 0.15) is 20.3 Å². The van der Waals surface area contributed by atoms with E-state index in [2.05, 4.69) is 10.6 Å². The Morgan fingerprint density at radius 3 is 2.41 bits per heavy atom. The van der Waals surface area contributed by atoms with Crippen LogP contribution >= 0.6 is 23.4 Å². The third-order valence-corrected chi connectivity index (χ3v) is 4.12. The maximum absolute atomic E-state index is 11.6. The third-order valence-electron chi connectivity index (χ3n) is 2.84. The molecular formula is C13H23ClN2O5S. The molecule has 0 radical (unpaired) electrons. The van der Waals surface area contributed by atoms with Gasteiger partial charge in [-0.15, -0.1) is 11.6 Å². The predicted octanol–water partition coefficient (Wildman–Crippen LogP) is -0.513. The number of carbonyl (C=O) groups is 3. The topological polar surface area (TPSA) is 116 Å². The molecule has 0 heterocycles. The summed E-state index contributed by atoms with van der Waals surface area (Å²) < 4.78 is 0. The smallest absolute Gasteiger partial charge is 0.249 e. The summed E-state index contributed by atoms with van der Waals surface area (Å²) in [5.41, 5.74) is -0.946. The van der Waals surface area contributed by atoms with Crippen LogP contribution in [0.15, 0.2) is 0 Å². The number of hydrogen-bond acceptors (Lipinski definition) is 6. The number of halogens is 1.